The second-order valence-corrected chi connectivity index (χ2v) is 7.52. The average Bonchev–Trinajstić information content (AvgIpc) is 2.67. The average molecular weight is 360 g/mol. The number of rotatable bonds is 6. The van der Waals surface area contributed by atoms with E-state index in [4.69, 9.17) is 9.57 Å². The quantitative estimate of drug-likeness (QED) is 0.585. The fourth-order valence-corrected chi connectivity index (χ4v) is 3.96. The van der Waals surface area contributed by atoms with Gasteiger partial charge in [-0.1, -0.05) is 47.6 Å². The highest BCUT2D eigenvalue weighted by Crippen LogP contribution is 2.18. The molecule has 0 bridgehead atoms. The number of sulfonamides is 1. The highest BCUT2D eigenvalue weighted by molar-refractivity contribution is 7.89. The van der Waals surface area contributed by atoms with Crippen LogP contribution in [0.4, 0.5) is 0 Å². The maximum Gasteiger partial charge on any atom is 0.243 e. The normalized spacial score (nSPS) is 16.2. The van der Waals surface area contributed by atoms with Crippen molar-refractivity contribution in [1.82, 2.24) is 4.31 Å². The van der Waals surface area contributed by atoms with Gasteiger partial charge >= 0.3 is 0 Å². The van der Waals surface area contributed by atoms with Gasteiger partial charge in [-0.25, -0.2) is 8.42 Å². The van der Waals surface area contributed by atoms with Gasteiger partial charge in [-0.15, -0.1) is 0 Å². The number of hydrogen-bond acceptors (Lipinski definition) is 5. The van der Waals surface area contributed by atoms with E-state index in [9.17, 15) is 8.42 Å². The Kier molecular flexibility index (Phi) is 5.80. The van der Waals surface area contributed by atoms with Gasteiger partial charge in [-0.05, 0) is 23.3 Å². The zero-order valence-electron chi connectivity index (χ0n) is 13.7. The lowest BCUT2D eigenvalue weighted by Gasteiger charge is -2.26. The molecule has 2 aromatic carbocycles. The van der Waals surface area contributed by atoms with Crippen molar-refractivity contribution < 1.29 is 18.0 Å². The van der Waals surface area contributed by atoms with Crippen LogP contribution in [0.3, 0.4) is 0 Å². The van der Waals surface area contributed by atoms with Crippen molar-refractivity contribution in [2.45, 2.75) is 11.5 Å². The SMILES string of the molecule is O=S(=O)(c1cccc(CO/N=C\c2ccccc2)c1)N1CCOCC1. The minimum absolute atomic E-state index is 0.204. The van der Waals surface area contributed by atoms with Gasteiger partial charge in [0, 0.05) is 13.1 Å². The Morgan fingerprint density at radius 3 is 2.60 bits per heavy atom. The third-order valence-electron chi connectivity index (χ3n) is 3.81. The number of nitrogens with zero attached hydrogens (tertiary/aromatic N) is 2. The van der Waals surface area contributed by atoms with Gasteiger partial charge in [0.15, 0.2) is 0 Å². The Balaban J connectivity index is 1.64. The van der Waals surface area contributed by atoms with Crippen LogP contribution in [0, 0.1) is 0 Å². The lowest BCUT2D eigenvalue weighted by atomic mass is 10.2. The zero-order valence-corrected chi connectivity index (χ0v) is 14.6. The van der Waals surface area contributed by atoms with Gasteiger partial charge < -0.3 is 9.57 Å². The van der Waals surface area contributed by atoms with Gasteiger partial charge in [0.2, 0.25) is 10.0 Å². The van der Waals surface area contributed by atoms with Gasteiger partial charge in [0.25, 0.3) is 0 Å². The molecular weight excluding hydrogens is 340 g/mol. The Bertz CT molecular complexity index is 816. The van der Waals surface area contributed by atoms with Crippen molar-refractivity contribution in [1.29, 1.82) is 0 Å². The molecule has 0 unspecified atom stereocenters. The van der Waals surface area contributed by atoms with Crippen LogP contribution >= 0.6 is 0 Å². The predicted octanol–water partition coefficient (Wildman–Crippen LogP) is 2.26. The summed E-state index contributed by atoms with van der Waals surface area (Å²) in [6, 6.07) is 16.4. The molecule has 3 rings (SSSR count). The van der Waals surface area contributed by atoms with Crippen molar-refractivity contribution in [3.8, 4) is 0 Å². The number of morpholine rings is 1. The molecule has 0 radical (unpaired) electrons. The molecule has 132 valence electrons. The largest absolute Gasteiger partial charge is 0.391 e. The minimum Gasteiger partial charge on any atom is -0.391 e. The third-order valence-corrected chi connectivity index (χ3v) is 5.71. The minimum atomic E-state index is -3.50. The third kappa shape index (κ3) is 4.66. The van der Waals surface area contributed by atoms with E-state index < -0.39 is 10.0 Å². The topological polar surface area (TPSA) is 68.2 Å². The van der Waals surface area contributed by atoms with Crippen LogP contribution in [0.15, 0.2) is 64.6 Å². The maximum absolute atomic E-state index is 12.7. The van der Waals surface area contributed by atoms with Gasteiger partial charge in [-0.2, -0.15) is 4.31 Å². The molecule has 1 heterocycles. The van der Waals surface area contributed by atoms with Crippen LogP contribution in [-0.2, 0) is 26.2 Å². The van der Waals surface area contributed by atoms with E-state index >= 15 is 0 Å². The standard InChI is InChI=1S/C18H20N2O4S/c21-25(22,20-9-11-23-12-10-20)18-8-4-7-17(13-18)15-24-19-14-16-5-2-1-3-6-16/h1-8,13-14H,9-12,15H2/b19-14-. The predicted molar refractivity (Wildman–Crippen MR) is 94.8 cm³/mol. The fourth-order valence-electron chi connectivity index (χ4n) is 2.48. The molecule has 0 N–H and O–H groups in total. The molecule has 2 aromatic rings. The van der Waals surface area contributed by atoms with E-state index in [1.807, 2.05) is 36.4 Å². The molecule has 1 saturated heterocycles. The fraction of sp³-hybridized carbons (Fsp3) is 0.278. The summed E-state index contributed by atoms with van der Waals surface area (Å²) in [5, 5.41) is 3.92. The van der Waals surface area contributed by atoms with Crippen molar-refractivity contribution in [3.05, 3.63) is 65.7 Å². The summed E-state index contributed by atoms with van der Waals surface area (Å²) in [5.41, 5.74) is 1.69. The molecule has 25 heavy (non-hydrogen) atoms. The second kappa shape index (κ2) is 8.24. The summed E-state index contributed by atoms with van der Waals surface area (Å²) in [4.78, 5) is 5.54. The van der Waals surface area contributed by atoms with E-state index in [-0.39, 0.29) is 11.5 Å². The summed E-state index contributed by atoms with van der Waals surface area (Å²) in [6.45, 7) is 1.82. The van der Waals surface area contributed by atoms with E-state index in [1.54, 1.807) is 24.4 Å². The van der Waals surface area contributed by atoms with E-state index in [2.05, 4.69) is 5.16 Å². The monoisotopic (exact) mass is 360 g/mol. The van der Waals surface area contributed by atoms with E-state index in [0.29, 0.717) is 26.3 Å². The Labute approximate surface area is 147 Å². The summed E-state index contributed by atoms with van der Waals surface area (Å²) in [7, 11) is -3.50. The number of benzene rings is 2. The van der Waals surface area contributed by atoms with Crippen molar-refractivity contribution in [3.63, 3.8) is 0 Å². The van der Waals surface area contributed by atoms with E-state index in [0.717, 1.165) is 11.1 Å². The summed E-state index contributed by atoms with van der Waals surface area (Å²) in [5.74, 6) is 0. The highest BCUT2D eigenvalue weighted by Gasteiger charge is 2.26. The lowest BCUT2D eigenvalue weighted by molar-refractivity contribution is 0.0730. The molecule has 0 atom stereocenters. The van der Waals surface area contributed by atoms with Crippen LogP contribution in [0.25, 0.3) is 0 Å². The number of ether oxygens (including phenoxy) is 1. The maximum atomic E-state index is 12.7. The summed E-state index contributed by atoms with van der Waals surface area (Å²) >= 11 is 0. The molecule has 6 nitrogen and oxygen atoms in total. The van der Waals surface area contributed by atoms with Crippen LogP contribution in [0.5, 0.6) is 0 Å². The first-order chi connectivity index (χ1) is 12.2. The van der Waals surface area contributed by atoms with Crippen LogP contribution < -0.4 is 0 Å². The first-order valence-corrected chi connectivity index (χ1v) is 9.47. The van der Waals surface area contributed by atoms with Gasteiger partial charge in [0.05, 0.1) is 24.3 Å². The van der Waals surface area contributed by atoms with Gasteiger partial charge in [-0.3, -0.25) is 0 Å². The molecule has 1 aliphatic heterocycles. The summed E-state index contributed by atoms with van der Waals surface area (Å²) < 4.78 is 32.0. The molecule has 0 aromatic heterocycles. The Morgan fingerprint density at radius 1 is 1.08 bits per heavy atom. The molecule has 1 aliphatic rings. The first kappa shape index (κ1) is 17.6. The molecule has 0 aliphatic carbocycles. The van der Waals surface area contributed by atoms with Crippen LogP contribution in [0.1, 0.15) is 11.1 Å². The molecule has 7 heteroatoms. The number of hydrogen-bond donors (Lipinski definition) is 0. The summed E-state index contributed by atoms with van der Waals surface area (Å²) in [6.07, 6.45) is 1.62. The smallest absolute Gasteiger partial charge is 0.243 e. The highest BCUT2D eigenvalue weighted by atomic mass is 32.2. The first-order valence-electron chi connectivity index (χ1n) is 8.03. The van der Waals surface area contributed by atoms with Crippen molar-refractivity contribution >= 4 is 16.2 Å². The number of oxime groups is 1. The van der Waals surface area contributed by atoms with Crippen molar-refractivity contribution in [2.75, 3.05) is 26.3 Å². The second-order valence-electron chi connectivity index (χ2n) is 5.58. The molecule has 0 amide bonds. The lowest BCUT2D eigenvalue weighted by Crippen LogP contribution is -2.40. The van der Waals surface area contributed by atoms with Crippen LogP contribution in [0.2, 0.25) is 0 Å². The van der Waals surface area contributed by atoms with E-state index in [1.165, 1.54) is 4.31 Å². The molecule has 0 spiro atoms. The van der Waals surface area contributed by atoms with Crippen molar-refractivity contribution in [2.24, 2.45) is 5.16 Å². The Hall–Kier alpha value is -2.22. The molecule has 1 fully saturated rings. The van der Waals surface area contributed by atoms with Gasteiger partial charge in [0.1, 0.15) is 6.61 Å². The zero-order chi connectivity index (χ0) is 17.5. The molecule has 0 saturated carbocycles. The molecular formula is C18H20N2O4S. The Morgan fingerprint density at radius 2 is 1.84 bits per heavy atom. The van der Waals surface area contributed by atoms with Crippen LogP contribution in [-0.4, -0.2) is 45.2 Å².